The Hall–Kier alpha value is -2.44. The molecule has 1 aliphatic heterocycles. The van der Waals surface area contributed by atoms with Crippen molar-refractivity contribution >= 4 is 11.8 Å². The maximum Gasteiger partial charge on any atom is 0.356 e. The van der Waals surface area contributed by atoms with Gasteiger partial charge in [-0.3, -0.25) is 4.68 Å². The number of aromatic carboxylic acids is 1. The van der Waals surface area contributed by atoms with Crippen molar-refractivity contribution in [1.29, 1.82) is 0 Å². The van der Waals surface area contributed by atoms with E-state index in [1.54, 1.807) is 10.7 Å². The van der Waals surface area contributed by atoms with Crippen LogP contribution in [0.1, 0.15) is 40.9 Å². The molecule has 7 heteroatoms. The Labute approximate surface area is 128 Å². The van der Waals surface area contributed by atoms with E-state index in [1.807, 2.05) is 13.1 Å². The van der Waals surface area contributed by atoms with E-state index in [-0.39, 0.29) is 5.69 Å². The summed E-state index contributed by atoms with van der Waals surface area (Å²) in [6.07, 6.45) is 3.87. The van der Waals surface area contributed by atoms with Crippen LogP contribution >= 0.6 is 0 Å². The zero-order chi connectivity index (χ0) is 15.7. The summed E-state index contributed by atoms with van der Waals surface area (Å²) in [6.45, 7) is 6.07. The zero-order valence-corrected chi connectivity index (χ0v) is 12.8. The van der Waals surface area contributed by atoms with Crippen LogP contribution in [0.2, 0.25) is 0 Å². The third kappa shape index (κ3) is 2.66. The SMILES string of the molecule is CCCc1cnc(C)nc1N1CCn2nc(C(=O)O)cc2C1. The standard InChI is InChI=1S/C15H19N5O2/c1-3-4-11-8-16-10(2)17-14(11)19-5-6-20-12(9-19)7-13(18-20)15(21)22/h7-8H,3-6,9H2,1-2H3,(H,21,22). The van der Waals surface area contributed by atoms with Gasteiger partial charge in [0, 0.05) is 18.3 Å². The summed E-state index contributed by atoms with van der Waals surface area (Å²) in [7, 11) is 0. The highest BCUT2D eigenvalue weighted by Gasteiger charge is 2.23. The van der Waals surface area contributed by atoms with Crippen molar-refractivity contribution in [3.63, 3.8) is 0 Å². The van der Waals surface area contributed by atoms with Gasteiger partial charge in [0.25, 0.3) is 0 Å². The highest BCUT2D eigenvalue weighted by molar-refractivity contribution is 5.85. The first-order valence-electron chi connectivity index (χ1n) is 7.46. The van der Waals surface area contributed by atoms with E-state index in [2.05, 4.69) is 26.9 Å². The first-order valence-corrected chi connectivity index (χ1v) is 7.46. The molecule has 1 N–H and O–H groups in total. The number of hydrogen-bond acceptors (Lipinski definition) is 5. The number of carbonyl (C=O) groups is 1. The fraction of sp³-hybridized carbons (Fsp3) is 0.467. The van der Waals surface area contributed by atoms with Crippen LogP contribution in [0.3, 0.4) is 0 Å². The molecule has 0 aliphatic carbocycles. The lowest BCUT2D eigenvalue weighted by Gasteiger charge is -2.30. The van der Waals surface area contributed by atoms with Gasteiger partial charge in [0.05, 0.1) is 18.8 Å². The molecule has 0 spiro atoms. The van der Waals surface area contributed by atoms with Crippen molar-refractivity contribution in [3.05, 3.63) is 35.0 Å². The van der Waals surface area contributed by atoms with Crippen LogP contribution in [0.25, 0.3) is 0 Å². The third-order valence-electron chi connectivity index (χ3n) is 3.80. The summed E-state index contributed by atoms with van der Waals surface area (Å²) in [5.41, 5.74) is 2.14. The molecular formula is C15H19N5O2. The van der Waals surface area contributed by atoms with E-state index >= 15 is 0 Å². The predicted molar refractivity (Wildman–Crippen MR) is 81.0 cm³/mol. The van der Waals surface area contributed by atoms with Gasteiger partial charge in [-0.05, 0) is 19.4 Å². The molecule has 2 aromatic rings. The van der Waals surface area contributed by atoms with Gasteiger partial charge in [-0.2, -0.15) is 5.10 Å². The monoisotopic (exact) mass is 301 g/mol. The Bertz CT molecular complexity index is 710. The molecule has 0 aromatic carbocycles. The molecule has 0 bridgehead atoms. The average molecular weight is 301 g/mol. The largest absolute Gasteiger partial charge is 0.476 e. The summed E-state index contributed by atoms with van der Waals surface area (Å²) in [5, 5.41) is 13.2. The predicted octanol–water partition coefficient (Wildman–Crippen LogP) is 1.65. The minimum absolute atomic E-state index is 0.101. The van der Waals surface area contributed by atoms with Crippen molar-refractivity contribution in [2.45, 2.75) is 39.8 Å². The zero-order valence-electron chi connectivity index (χ0n) is 12.8. The molecule has 0 saturated heterocycles. The fourth-order valence-corrected chi connectivity index (χ4v) is 2.75. The average Bonchev–Trinajstić information content (AvgIpc) is 2.92. The minimum Gasteiger partial charge on any atom is -0.476 e. The molecule has 0 amide bonds. The fourth-order valence-electron chi connectivity index (χ4n) is 2.75. The summed E-state index contributed by atoms with van der Waals surface area (Å²) in [6, 6.07) is 1.64. The molecular weight excluding hydrogens is 282 g/mol. The number of carboxylic acid groups (broad SMARTS) is 1. The lowest BCUT2D eigenvalue weighted by Crippen LogP contribution is -2.35. The van der Waals surface area contributed by atoms with Crippen LogP contribution in [0, 0.1) is 6.92 Å². The van der Waals surface area contributed by atoms with Crippen LogP contribution < -0.4 is 4.90 Å². The second kappa shape index (κ2) is 5.75. The van der Waals surface area contributed by atoms with Crippen molar-refractivity contribution in [1.82, 2.24) is 19.7 Å². The van der Waals surface area contributed by atoms with Crippen molar-refractivity contribution < 1.29 is 9.90 Å². The van der Waals surface area contributed by atoms with Crippen LogP contribution in [-0.4, -0.2) is 37.4 Å². The van der Waals surface area contributed by atoms with E-state index in [9.17, 15) is 4.79 Å². The molecule has 0 radical (unpaired) electrons. The van der Waals surface area contributed by atoms with Crippen LogP contribution in [0.15, 0.2) is 12.3 Å². The smallest absolute Gasteiger partial charge is 0.356 e. The molecule has 3 rings (SSSR count). The van der Waals surface area contributed by atoms with Gasteiger partial charge in [0.15, 0.2) is 5.69 Å². The summed E-state index contributed by atoms with van der Waals surface area (Å²) < 4.78 is 1.77. The number of aromatic nitrogens is 4. The van der Waals surface area contributed by atoms with Gasteiger partial charge >= 0.3 is 5.97 Å². The quantitative estimate of drug-likeness (QED) is 0.924. The maximum atomic E-state index is 11.0. The number of anilines is 1. The highest BCUT2D eigenvalue weighted by atomic mass is 16.4. The molecule has 22 heavy (non-hydrogen) atoms. The van der Waals surface area contributed by atoms with Gasteiger partial charge in [0.2, 0.25) is 0 Å². The van der Waals surface area contributed by atoms with E-state index in [0.717, 1.165) is 42.3 Å². The maximum absolute atomic E-state index is 11.0. The molecule has 116 valence electrons. The number of rotatable bonds is 4. The molecule has 0 saturated carbocycles. The summed E-state index contributed by atoms with van der Waals surface area (Å²) >= 11 is 0. The van der Waals surface area contributed by atoms with Gasteiger partial charge in [-0.1, -0.05) is 13.3 Å². The van der Waals surface area contributed by atoms with E-state index in [0.29, 0.717) is 13.1 Å². The van der Waals surface area contributed by atoms with Crippen LogP contribution in [-0.2, 0) is 19.5 Å². The highest BCUT2D eigenvalue weighted by Crippen LogP contribution is 2.24. The summed E-state index contributed by atoms with van der Waals surface area (Å²) in [4.78, 5) is 22.1. The molecule has 0 fully saturated rings. The lowest BCUT2D eigenvalue weighted by molar-refractivity contribution is 0.0689. The second-order valence-electron chi connectivity index (χ2n) is 5.49. The molecule has 2 aromatic heterocycles. The minimum atomic E-state index is -0.988. The number of fused-ring (bicyclic) bond motifs is 1. The van der Waals surface area contributed by atoms with Gasteiger partial charge in [0.1, 0.15) is 11.6 Å². The molecule has 7 nitrogen and oxygen atoms in total. The topological polar surface area (TPSA) is 84.1 Å². The normalized spacial score (nSPS) is 14.0. The van der Waals surface area contributed by atoms with Gasteiger partial charge in [-0.15, -0.1) is 0 Å². The van der Waals surface area contributed by atoms with Crippen LogP contribution in [0.4, 0.5) is 5.82 Å². The van der Waals surface area contributed by atoms with E-state index in [4.69, 9.17) is 5.11 Å². The second-order valence-corrected chi connectivity index (χ2v) is 5.49. The van der Waals surface area contributed by atoms with Crippen LogP contribution in [0.5, 0.6) is 0 Å². The first kappa shape index (κ1) is 14.5. The Balaban J connectivity index is 1.91. The van der Waals surface area contributed by atoms with E-state index < -0.39 is 5.97 Å². The Morgan fingerprint density at radius 2 is 2.23 bits per heavy atom. The number of nitrogens with zero attached hydrogens (tertiary/aromatic N) is 5. The van der Waals surface area contributed by atoms with Gasteiger partial charge in [-0.25, -0.2) is 14.8 Å². The molecule has 1 aliphatic rings. The Morgan fingerprint density at radius 3 is 2.95 bits per heavy atom. The number of hydrogen-bond donors (Lipinski definition) is 1. The molecule has 3 heterocycles. The number of carboxylic acids is 1. The third-order valence-corrected chi connectivity index (χ3v) is 3.80. The van der Waals surface area contributed by atoms with E-state index in [1.165, 1.54) is 0 Å². The Kier molecular flexibility index (Phi) is 3.79. The van der Waals surface area contributed by atoms with Crippen molar-refractivity contribution in [3.8, 4) is 0 Å². The van der Waals surface area contributed by atoms with Crippen molar-refractivity contribution in [2.24, 2.45) is 0 Å². The lowest BCUT2D eigenvalue weighted by atomic mass is 10.1. The molecule has 0 atom stereocenters. The first-order chi connectivity index (χ1) is 10.6. The van der Waals surface area contributed by atoms with Crippen molar-refractivity contribution in [2.75, 3.05) is 11.4 Å². The number of aryl methyl sites for hydroxylation is 2. The Morgan fingerprint density at radius 1 is 1.41 bits per heavy atom. The summed E-state index contributed by atoms with van der Waals surface area (Å²) in [5.74, 6) is 0.719. The van der Waals surface area contributed by atoms with Gasteiger partial charge < -0.3 is 10.0 Å². The molecule has 0 unspecified atom stereocenters.